The molecule has 1 heterocycles. The predicted molar refractivity (Wildman–Crippen MR) is 71.3 cm³/mol. The fourth-order valence-corrected chi connectivity index (χ4v) is 3.51. The Hall–Kier alpha value is -0.0900. The Morgan fingerprint density at radius 2 is 2.29 bits per heavy atom. The number of amides is 1. The number of carbonyl (C=O) groups is 1. The van der Waals surface area contributed by atoms with Crippen LogP contribution < -0.4 is 0 Å². The Balaban J connectivity index is 1.81. The lowest BCUT2D eigenvalue weighted by molar-refractivity contribution is -0.143. The zero-order chi connectivity index (χ0) is 12.3. The zero-order valence-corrected chi connectivity index (χ0v) is 12.2. The van der Waals surface area contributed by atoms with Gasteiger partial charge in [0.15, 0.2) is 0 Å². The van der Waals surface area contributed by atoms with Crippen LogP contribution in [0.25, 0.3) is 0 Å². The van der Waals surface area contributed by atoms with Gasteiger partial charge in [-0.1, -0.05) is 15.9 Å². The van der Waals surface area contributed by atoms with Crippen molar-refractivity contribution in [3.8, 4) is 0 Å². The normalized spacial score (nSPS) is 26.9. The van der Waals surface area contributed by atoms with Crippen molar-refractivity contribution in [2.45, 2.75) is 44.1 Å². The van der Waals surface area contributed by atoms with Gasteiger partial charge in [0, 0.05) is 25.5 Å². The third kappa shape index (κ3) is 3.02. The second kappa shape index (κ2) is 5.70. The molecule has 1 saturated heterocycles. The molecule has 4 heteroatoms. The average Bonchev–Trinajstić information content (AvgIpc) is 2.72. The Morgan fingerprint density at radius 1 is 1.53 bits per heavy atom. The van der Waals surface area contributed by atoms with Crippen LogP contribution in [-0.4, -0.2) is 41.9 Å². The van der Waals surface area contributed by atoms with Crippen molar-refractivity contribution < 1.29 is 9.53 Å². The van der Waals surface area contributed by atoms with Gasteiger partial charge in [0.1, 0.15) is 0 Å². The molecule has 1 aliphatic carbocycles. The number of halogens is 1. The SMILES string of the molecule is COC1(CC(=O)N2CCC(CCBr)C2)CCC1. The van der Waals surface area contributed by atoms with Crippen molar-refractivity contribution in [1.29, 1.82) is 0 Å². The van der Waals surface area contributed by atoms with E-state index in [4.69, 9.17) is 4.74 Å². The number of hydrogen-bond acceptors (Lipinski definition) is 2. The molecule has 98 valence electrons. The maximum absolute atomic E-state index is 12.2. The van der Waals surface area contributed by atoms with Crippen molar-refractivity contribution in [3.05, 3.63) is 0 Å². The first kappa shape index (κ1) is 13.3. The monoisotopic (exact) mass is 303 g/mol. The molecule has 1 aliphatic heterocycles. The van der Waals surface area contributed by atoms with Crippen LogP contribution >= 0.6 is 15.9 Å². The van der Waals surface area contributed by atoms with Crippen molar-refractivity contribution in [1.82, 2.24) is 4.90 Å². The fraction of sp³-hybridized carbons (Fsp3) is 0.923. The lowest BCUT2D eigenvalue weighted by atomic mass is 9.77. The van der Waals surface area contributed by atoms with E-state index in [0.29, 0.717) is 18.2 Å². The molecule has 0 radical (unpaired) electrons. The Bertz CT molecular complexity index is 273. The van der Waals surface area contributed by atoms with E-state index >= 15 is 0 Å². The maximum atomic E-state index is 12.2. The second-order valence-electron chi connectivity index (χ2n) is 5.39. The van der Waals surface area contributed by atoms with E-state index in [1.54, 1.807) is 7.11 Å². The number of likely N-dealkylation sites (tertiary alicyclic amines) is 1. The summed E-state index contributed by atoms with van der Waals surface area (Å²) < 4.78 is 5.52. The Kier molecular flexibility index (Phi) is 4.47. The van der Waals surface area contributed by atoms with Crippen LogP contribution in [0.4, 0.5) is 0 Å². The molecular formula is C13H22BrNO2. The van der Waals surface area contributed by atoms with E-state index in [1.807, 2.05) is 4.90 Å². The number of nitrogens with zero attached hydrogens (tertiary/aromatic N) is 1. The molecular weight excluding hydrogens is 282 g/mol. The van der Waals surface area contributed by atoms with Crippen LogP contribution in [0.15, 0.2) is 0 Å². The molecule has 1 atom stereocenters. The summed E-state index contributed by atoms with van der Waals surface area (Å²) in [5.74, 6) is 0.988. The smallest absolute Gasteiger partial charge is 0.225 e. The largest absolute Gasteiger partial charge is 0.378 e. The summed E-state index contributed by atoms with van der Waals surface area (Å²) in [6, 6.07) is 0. The summed E-state index contributed by atoms with van der Waals surface area (Å²) in [5.41, 5.74) is -0.120. The summed E-state index contributed by atoms with van der Waals surface area (Å²) in [6.07, 6.45) is 6.23. The van der Waals surface area contributed by atoms with Crippen LogP contribution in [0.1, 0.15) is 38.5 Å². The molecule has 17 heavy (non-hydrogen) atoms. The summed E-state index contributed by atoms with van der Waals surface area (Å²) in [4.78, 5) is 14.2. The molecule has 0 spiro atoms. The van der Waals surface area contributed by atoms with E-state index in [2.05, 4.69) is 15.9 Å². The molecule has 0 aromatic rings. The lowest BCUT2D eigenvalue weighted by Gasteiger charge is -2.40. The van der Waals surface area contributed by atoms with Crippen molar-refractivity contribution in [2.75, 3.05) is 25.5 Å². The van der Waals surface area contributed by atoms with Crippen LogP contribution in [0.5, 0.6) is 0 Å². The predicted octanol–water partition coefficient (Wildman–Crippen LogP) is 2.58. The highest BCUT2D eigenvalue weighted by Gasteiger charge is 2.40. The second-order valence-corrected chi connectivity index (χ2v) is 6.18. The van der Waals surface area contributed by atoms with E-state index in [1.165, 1.54) is 12.8 Å². The summed E-state index contributed by atoms with van der Waals surface area (Å²) in [5, 5.41) is 1.04. The van der Waals surface area contributed by atoms with Crippen LogP contribution in [-0.2, 0) is 9.53 Å². The molecule has 0 aromatic carbocycles. The molecule has 2 rings (SSSR count). The van der Waals surface area contributed by atoms with Gasteiger partial charge in [-0.2, -0.15) is 0 Å². The summed E-state index contributed by atoms with van der Waals surface area (Å²) in [7, 11) is 1.74. The number of rotatable bonds is 5. The van der Waals surface area contributed by atoms with Gasteiger partial charge in [-0.15, -0.1) is 0 Å². The first-order chi connectivity index (χ1) is 8.19. The fourth-order valence-electron chi connectivity index (χ4n) is 2.86. The van der Waals surface area contributed by atoms with Crippen LogP contribution in [0.2, 0.25) is 0 Å². The molecule has 2 fully saturated rings. The third-order valence-corrected chi connectivity index (χ3v) is 4.78. The third-order valence-electron chi connectivity index (χ3n) is 4.33. The average molecular weight is 304 g/mol. The van der Waals surface area contributed by atoms with Crippen molar-refractivity contribution >= 4 is 21.8 Å². The lowest BCUT2D eigenvalue weighted by Crippen LogP contribution is -2.44. The molecule has 2 aliphatic rings. The summed E-state index contributed by atoms with van der Waals surface area (Å²) >= 11 is 3.47. The molecule has 1 amide bonds. The number of ether oxygens (including phenoxy) is 1. The highest BCUT2D eigenvalue weighted by Crippen LogP contribution is 2.38. The van der Waals surface area contributed by atoms with Crippen molar-refractivity contribution in [2.24, 2.45) is 5.92 Å². The topological polar surface area (TPSA) is 29.5 Å². The highest BCUT2D eigenvalue weighted by atomic mass is 79.9. The number of hydrogen-bond donors (Lipinski definition) is 0. The maximum Gasteiger partial charge on any atom is 0.225 e. The number of methoxy groups -OCH3 is 1. The first-order valence-corrected chi connectivity index (χ1v) is 7.70. The van der Waals surface area contributed by atoms with Gasteiger partial charge >= 0.3 is 0 Å². The highest BCUT2D eigenvalue weighted by molar-refractivity contribution is 9.09. The van der Waals surface area contributed by atoms with Gasteiger partial charge in [-0.05, 0) is 38.0 Å². The molecule has 3 nitrogen and oxygen atoms in total. The molecule has 1 saturated carbocycles. The van der Waals surface area contributed by atoms with Gasteiger partial charge < -0.3 is 9.64 Å². The van der Waals surface area contributed by atoms with E-state index in [9.17, 15) is 4.79 Å². The standard InChI is InChI=1S/C13H22BrNO2/c1-17-13(5-2-6-13)9-12(16)15-8-4-11(10-15)3-7-14/h11H,2-10H2,1H3. The first-order valence-electron chi connectivity index (χ1n) is 6.58. The van der Waals surface area contributed by atoms with E-state index in [-0.39, 0.29) is 5.60 Å². The molecule has 0 N–H and O–H groups in total. The van der Waals surface area contributed by atoms with Gasteiger partial charge in [0.2, 0.25) is 5.91 Å². The number of carbonyl (C=O) groups excluding carboxylic acids is 1. The minimum atomic E-state index is -0.120. The van der Waals surface area contributed by atoms with Gasteiger partial charge in [-0.3, -0.25) is 4.79 Å². The van der Waals surface area contributed by atoms with Gasteiger partial charge in [0.05, 0.1) is 12.0 Å². The van der Waals surface area contributed by atoms with Gasteiger partial charge in [0.25, 0.3) is 0 Å². The van der Waals surface area contributed by atoms with E-state index in [0.717, 1.165) is 37.7 Å². The molecule has 0 bridgehead atoms. The molecule has 0 aromatic heterocycles. The van der Waals surface area contributed by atoms with Gasteiger partial charge in [-0.25, -0.2) is 0 Å². The molecule has 1 unspecified atom stereocenters. The minimum absolute atomic E-state index is 0.120. The quantitative estimate of drug-likeness (QED) is 0.731. The number of alkyl halides is 1. The van der Waals surface area contributed by atoms with Crippen LogP contribution in [0.3, 0.4) is 0 Å². The zero-order valence-electron chi connectivity index (χ0n) is 10.6. The summed E-state index contributed by atoms with van der Waals surface area (Å²) in [6.45, 7) is 1.89. The minimum Gasteiger partial charge on any atom is -0.378 e. The van der Waals surface area contributed by atoms with Crippen LogP contribution in [0, 0.1) is 5.92 Å². The Morgan fingerprint density at radius 3 is 2.82 bits per heavy atom. The van der Waals surface area contributed by atoms with E-state index < -0.39 is 0 Å². The van der Waals surface area contributed by atoms with Crippen molar-refractivity contribution in [3.63, 3.8) is 0 Å². The Labute approximate surface area is 112 Å².